The van der Waals surface area contributed by atoms with Crippen molar-refractivity contribution in [2.45, 2.75) is 161 Å². The van der Waals surface area contributed by atoms with E-state index < -0.39 is 32.5 Å². The summed E-state index contributed by atoms with van der Waals surface area (Å²) in [7, 11) is -4.41. The zero-order valence-corrected chi connectivity index (χ0v) is 35.4. The highest BCUT2D eigenvalue weighted by Crippen LogP contribution is 2.43. The van der Waals surface area contributed by atoms with Gasteiger partial charge in [-0.25, -0.2) is 4.57 Å². The van der Waals surface area contributed by atoms with Gasteiger partial charge in [-0.15, -0.1) is 0 Å². The standard InChI is InChI=1S/C45H74NO9P/c1-3-5-7-9-11-13-14-15-16-17-18-19-20-22-24-26-32-36-45(48)54-41(40-53-56(49,50)52-38-37-46)39-51-44(47)35-31-28-27-30-34-43-42(55-43)33-29-25-23-21-12-10-8-6-4-2/h11-13,15-16,18-19,21-22,24-25,27,29-30,41-43H,3-10,14,17,20,23,26,28,31-40,46H2,1-2H3,(H,49,50)/b13-11-,16-15-,19-18-,21-12-,24-22-,29-25-,30-27-/t41-,42?,43?/m1/s1. The van der Waals surface area contributed by atoms with Crippen LogP contribution < -0.4 is 5.73 Å². The summed E-state index contributed by atoms with van der Waals surface area (Å²) in [4.78, 5) is 34.9. The molecule has 0 saturated carbocycles. The maximum atomic E-state index is 12.6. The number of carbonyl (C=O) groups excluding carboxylic acids is 2. The van der Waals surface area contributed by atoms with Crippen LogP contribution in [0, 0.1) is 0 Å². The molecule has 0 radical (unpaired) electrons. The van der Waals surface area contributed by atoms with E-state index in [-0.39, 0.29) is 44.8 Å². The predicted octanol–water partition coefficient (Wildman–Crippen LogP) is 11.0. The molecule has 0 aliphatic carbocycles. The molecular weight excluding hydrogens is 729 g/mol. The summed E-state index contributed by atoms with van der Waals surface area (Å²) in [6.45, 7) is 3.50. The Morgan fingerprint density at radius 2 is 1.07 bits per heavy atom. The lowest BCUT2D eigenvalue weighted by Gasteiger charge is -2.19. The molecule has 1 aliphatic rings. The molecule has 0 aromatic rings. The molecule has 0 amide bonds. The Morgan fingerprint density at radius 1 is 0.625 bits per heavy atom. The Labute approximate surface area is 339 Å². The molecule has 1 aliphatic heterocycles. The SMILES string of the molecule is CCCCC/C=C\C/C=C\C/C=C\C/C=C\CCCC(=O)O[C@H](COC(=O)CCC/C=C\CC1OC1C/C=C\C/C=C\CCCCC)COP(=O)(O)OCCN. The van der Waals surface area contributed by atoms with Crippen molar-refractivity contribution in [3.63, 3.8) is 0 Å². The fourth-order valence-corrected chi connectivity index (χ4v) is 6.13. The van der Waals surface area contributed by atoms with Gasteiger partial charge in [-0.05, 0) is 89.9 Å². The fourth-order valence-electron chi connectivity index (χ4n) is 5.36. The molecular formula is C45H74NO9P. The number of nitrogens with two attached hydrogens (primary N) is 1. The van der Waals surface area contributed by atoms with Crippen LogP contribution >= 0.6 is 7.82 Å². The molecule has 0 bridgehead atoms. The zero-order valence-electron chi connectivity index (χ0n) is 34.5. The van der Waals surface area contributed by atoms with E-state index in [0.717, 1.165) is 51.4 Å². The third-order valence-corrected chi connectivity index (χ3v) is 9.64. The molecule has 0 spiro atoms. The lowest BCUT2D eigenvalue weighted by Crippen LogP contribution is -2.29. The molecule has 11 heteroatoms. The summed E-state index contributed by atoms with van der Waals surface area (Å²) in [6, 6.07) is 0. The van der Waals surface area contributed by atoms with Crippen LogP contribution in [-0.2, 0) is 37.4 Å². The Bertz CT molecular complexity index is 1260. The van der Waals surface area contributed by atoms with Gasteiger partial charge in [0.25, 0.3) is 0 Å². The normalized spacial score (nSPS) is 17.8. The molecule has 318 valence electrons. The predicted molar refractivity (Wildman–Crippen MR) is 228 cm³/mol. The van der Waals surface area contributed by atoms with Crippen LogP contribution in [0.25, 0.3) is 0 Å². The quantitative estimate of drug-likeness (QED) is 0.0204. The van der Waals surface area contributed by atoms with Crippen molar-refractivity contribution >= 4 is 19.8 Å². The summed E-state index contributed by atoms with van der Waals surface area (Å²) < 4.78 is 38.4. The van der Waals surface area contributed by atoms with Crippen LogP contribution in [0.1, 0.15) is 142 Å². The highest BCUT2D eigenvalue weighted by atomic mass is 31.2. The average molecular weight is 804 g/mol. The first-order valence-corrected chi connectivity index (χ1v) is 22.7. The van der Waals surface area contributed by atoms with Gasteiger partial charge in [-0.2, -0.15) is 0 Å². The van der Waals surface area contributed by atoms with Crippen molar-refractivity contribution in [1.29, 1.82) is 0 Å². The minimum absolute atomic E-state index is 0.0304. The molecule has 4 atom stereocenters. The number of hydrogen-bond donors (Lipinski definition) is 2. The van der Waals surface area contributed by atoms with Crippen molar-refractivity contribution in [2.24, 2.45) is 5.73 Å². The second kappa shape index (κ2) is 36.5. The summed E-state index contributed by atoms with van der Waals surface area (Å²) in [5.74, 6) is -0.978. The van der Waals surface area contributed by atoms with Crippen molar-refractivity contribution in [3.8, 4) is 0 Å². The molecule has 56 heavy (non-hydrogen) atoms. The largest absolute Gasteiger partial charge is 0.472 e. The molecule has 3 N–H and O–H groups in total. The molecule has 1 heterocycles. The van der Waals surface area contributed by atoms with Gasteiger partial charge in [-0.3, -0.25) is 18.6 Å². The van der Waals surface area contributed by atoms with Gasteiger partial charge in [-0.1, -0.05) is 125 Å². The van der Waals surface area contributed by atoms with Gasteiger partial charge in [0.05, 0.1) is 25.4 Å². The van der Waals surface area contributed by atoms with E-state index in [9.17, 15) is 19.0 Å². The zero-order chi connectivity index (χ0) is 40.8. The number of phosphoric acid groups is 1. The maximum Gasteiger partial charge on any atom is 0.472 e. The Kier molecular flexibility index (Phi) is 33.3. The number of unbranched alkanes of at least 4 members (excludes halogenated alkanes) is 8. The first-order chi connectivity index (χ1) is 27.3. The number of hydrogen-bond acceptors (Lipinski definition) is 9. The number of allylic oxidation sites excluding steroid dienone is 12. The van der Waals surface area contributed by atoms with Crippen molar-refractivity contribution in [1.82, 2.24) is 0 Å². The van der Waals surface area contributed by atoms with Crippen molar-refractivity contribution < 1.29 is 42.3 Å². The van der Waals surface area contributed by atoms with Crippen LogP contribution in [0.4, 0.5) is 0 Å². The van der Waals surface area contributed by atoms with Gasteiger partial charge >= 0.3 is 19.8 Å². The number of esters is 2. The second-order valence-corrected chi connectivity index (χ2v) is 15.3. The molecule has 1 rings (SSSR count). The number of epoxide rings is 1. The van der Waals surface area contributed by atoms with Crippen LogP contribution in [0.3, 0.4) is 0 Å². The third kappa shape index (κ3) is 33.3. The van der Waals surface area contributed by atoms with Crippen LogP contribution in [-0.4, -0.2) is 61.5 Å². The second-order valence-electron chi connectivity index (χ2n) is 13.9. The van der Waals surface area contributed by atoms with E-state index >= 15 is 0 Å². The Hall–Kier alpha value is -2.85. The summed E-state index contributed by atoms with van der Waals surface area (Å²) in [6.07, 6.45) is 47.9. The van der Waals surface area contributed by atoms with E-state index in [2.05, 4.69) is 86.8 Å². The smallest absolute Gasteiger partial charge is 0.462 e. The first-order valence-electron chi connectivity index (χ1n) is 21.2. The molecule has 0 aromatic heterocycles. The third-order valence-electron chi connectivity index (χ3n) is 8.66. The minimum Gasteiger partial charge on any atom is -0.462 e. The van der Waals surface area contributed by atoms with Crippen LogP contribution in [0.15, 0.2) is 85.1 Å². The summed E-state index contributed by atoms with van der Waals surface area (Å²) in [5.41, 5.74) is 5.34. The highest BCUT2D eigenvalue weighted by Gasteiger charge is 2.36. The highest BCUT2D eigenvalue weighted by molar-refractivity contribution is 7.47. The van der Waals surface area contributed by atoms with Crippen LogP contribution in [0.5, 0.6) is 0 Å². The molecule has 0 aromatic carbocycles. The van der Waals surface area contributed by atoms with E-state index in [0.29, 0.717) is 25.7 Å². The number of phosphoric ester groups is 1. The first kappa shape index (κ1) is 51.2. The van der Waals surface area contributed by atoms with Gasteiger partial charge in [0, 0.05) is 19.4 Å². The van der Waals surface area contributed by atoms with Gasteiger partial charge < -0.3 is 24.8 Å². The molecule has 1 saturated heterocycles. The lowest BCUT2D eigenvalue weighted by atomic mass is 10.1. The Balaban J connectivity index is 2.29. The number of carbonyl (C=O) groups is 2. The van der Waals surface area contributed by atoms with Gasteiger partial charge in [0.15, 0.2) is 6.10 Å². The summed E-state index contributed by atoms with van der Waals surface area (Å²) in [5, 5.41) is 0. The average Bonchev–Trinajstić information content (AvgIpc) is 3.94. The summed E-state index contributed by atoms with van der Waals surface area (Å²) >= 11 is 0. The van der Waals surface area contributed by atoms with E-state index in [1.54, 1.807) is 0 Å². The topological polar surface area (TPSA) is 147 Å². The fraction of sp³-hybridized carbons (Fsp3) is 0.644. The van der Waals surface area contributed by atoms with Gasteiger partial charge in [0.2, 0.25) is 0 Å². The van der Waals surface area contributed by atoms with Crippen molar-refractivity contribution in [2.75, 3.05) is 26.4 Å². The minimum atomic E-state index is -4.41. The molecule has 10 nitrogen and oxygen atoms in total. The van der Waals surface area contributed by atoms with E-state index in [1.807, 2.05) is 12.2 Å². The van der Waals surface area contributed by atoms with E-state index in [1.165, 1.54) is 38.5 Å². The van der Waals surface area contributed by atoms with Crippen molar-refractivity contribution in [3.05, 3.63) is 85.1 Å². The lowest BCUT2D eigenvalue weighted by molar-refractivity contribution is -0.161. The Morgan fingerprint density at radius 3 is 1.59 bits per heavy atom. The number of ether oxygens (including phenoxy) is 3. The number of rotatable bonds is 37. The van der Waals surface area contributed by atoms with Gasteiger partial charge in [0.1, 0.15) is 6.61 Å². The maximum absolute atomic E-state index is 12.6. The van der Waals surface area contributed by atoms with E-state index in [4.69, 9.17) is 29.0 Å². The molecule has 3 unspecified atom stereocenters. The monoisotopic (exact) mass is 804 g/mol. The van der Waals surface area contributed by atoms with Crippen LogP contribution in [0.2, 0.25) is 0 Å². The molecule has 1 fully saturated rings.